The molecule has 2 aromatic carbocycles. The Morgan fingerprint density at radius 2 is 1.56 bits per heavy atom. The highest BCUT2D eigenvalue weighted by molar-refractivity contribution is 7.92. The summed E-state index contributed by atoms with van der Waals surface area (Å²) < 4.78 is 63.9. The molecule has 0 amide bonds. The van der Waals surface area contributed by atoms with Crippen molar-refractivity contribution in [1.82, 2.24) is 0 Å². The molecule has 0 radical (unpaired) electrons. The number of alkyl halides is 3. The lowest BCUT2D eigenvalue weighted by atomic mass is 10.3. The lowest BCUT2D eigenvalue weighted by Gasteiger charge is -2.15. The molecule has 7 nitrogen and oxygen atoms in total. The maximum atomic E-state index is 12.4. The monoisotopic (exact) mass is 375 g/mol. The van der Waals surface area contributed by atoms with Crippen LogP contribution in [0.25, 0.3) is 0 Å². The molecule has 0 bridgehead atoms. The van der Waals surface area contributed by atoms with Crippen molar-refractivity contribution in [3.05, 3.63) is 58.6 Å². The van der Waals surface area contributed by atoms with Gasteiger partial charge in [-0.2, -0.15) is 13.2 Å². The minimum atomic E-state index is -4.50. The summed E-state index contributed by atoms with van der Waals surface area (Å²) in [5, 5.41) is 13.1. The van der Waals surface area contributed by atoms with E-state index in [9.17, 15) is 31.7 Å². The third-order valence-corrected chi connectivity index (χ3v) is 4.42. The smallest absolute Gasteiger partial charge is 0.375 e. The molecular weight excluding hydrogens is 363 g/mol. The van der Waals surface area contributed by atoms with Crippen molar-refractivity contribution in [3.8, 4) is 0 Å². The van der Waals surface area contributed by atoms with Crippen LogP contribution in [0.3, 0.4) is 0 Å². The molecule has 2 N–H and O–H groups in total. The largest absolute Gasteiger partial charge is 0.405 e. The highest BCUT2D eigenvalue weighted by atomic mass is 32.2. The zero-order chi connectivity index (χ0) is 18.7. The Morgan fingerprint density at radius 1 is 1.00 bits per heavy atom. The van der Waals surface area contributed by atoms with Crippen LogP contribution in [0, 0.1) is 10.1 Å². The standard InChI is InChI=1S/C14H12F3N3O4S/c15-14(16,17)9-18-10-5-1-2-6-11(10)19-25(23,24)13-8-4-3-7-12(13)20(21)22/h1-8,18-19H,9H2. The lowest BCUT2D eigenvalue weighted by Crippen LogP contribution is -2.22. The molecule has 0 aliphatic heterocycles. The third-order valence-electron chi connectivity index (χ3n) is 3.00. The van der Waals surface area contributed by atoms with Gasteiger partial charge in [-0.1, -0.05) is 24.3 Å². The topological polar surface area (TPSA) is 101 Å². The van der Waals surface area contributed by atoms with Crippen molar-refractivity contribution in [2.45, 2.75) is 11.1 Å². The van der Waals surface area contributed by atoms with Gasteiger partial charge in [0, 0.05) is 6.07 Å². The molecule has 134 valence electrons. The number of para-hydroxylation sites is 3. The quantitative estimate of drug-likeness (QED) is 0.595. The van der Waals surface area contributed by atoms with E-state index in [0.29, 0.717) is 0 Å². The second kappa shape index (κ2) is 6.97. The van der Waals surface area contributed by atoms with E-state index in [1.807, 2.05) is 0 Å². The normalized spacial score (nSPS) is 11.8. The fourth-order valence-electron chi connectivity index (χ4n) is 1.96. The van der Waals surface area contributed by atoms with Crippen LogP contribution >= 0.6 is 0 Å². The number of sulfonamides is 1. The molecule has 2 rings (SSSR count). The molecule has 0 fully saturated rings. The summed E-state index contributed by atoms with van der Waals surface area (Å²) in [7, 11) is -4.38. The van der Waals surface area contributed by atoms with Crippen LogP contribution in [0.2, 0.25) is 0 Å². The van der Waals surface area contributed by atoms with E-state index in [0.717, 1.165) is 12.1 Å². The first-order valence-electron chi connectivity index (χ1n) is 6.76. The van der Waals surface area contributed by atoms with Crippen LogP contribution in [0.5, 0.6) is 0 Å². The van der Waals surface area contributed by atoms with Crippen molar-refractivity contribution < 1.29 is 26.5 Å². The second-order valence-corrected chi connectivity index (χ2v) is 6.50. The molecule has 11 heteroatoms. The van der Waals surface area contributed by atoms with Gasteiger partial charge in [0.25, 0.3) is 15.7 Å². The molecule has 25 heavy (non-hydrogen) atoms. The van der Waals surface area contributed by atoms with Gasteiger partial charge < -0.3 is 5.32 Å². The van der Waals surface area contributed by atoms with Crippen molar-refractivity contribution in [2.75, 3.05) is 16.6 Å². The van der Waals surface area contributed by atoms with Crippen molar-refractivity contribution in [2.24, 2.45) is 0 Å². The van der Waals surface area contributed by atoms with E-state index in [-0.39, 0.29) is 11.4 Å². The average Bonchev–Trinajstić information content (AvgIpc) is 2.53. The number of nitro groups is 1. The summed E-state index contributed by atoms with van der Waals surface area (Å²) in [5.74, 6) is 0. The molecule has 0 aliphatic rings. The van der Waals surface area contributed by atoms with Gasteiger partial charge in [0.1, 0.15) is 6.54 Å². The predicted octanol–water partition coefficient (Wildman–Crippen LogP) is 3.37. The average molecular weight is 375 g/mol. The van der Waals surface area contributed by atoms with Crippen molar-refractivity contribution >= 4 is 27.1 Å². The zero-order valence-corrected chi connectivity index (χ0v) is 13.3. The lowest BCUT2D eigenvalue weighted by molar-refractivity contribution is -0.387. The minimum absolute atomic E-state index is 0.109. The molecule has 0 saturated carbocycles. The Hall–Kier alpha value is -2.82. The van der Waals surface area contributed by atoms with Gasteiger partial charge in [0.15, 0.2) is 4.90 Å². The molecule has 0 heterocycles. The van der Waals surface area contributed by atoms with Gasteiger partial charge in [-0.15, -0.1) is 0 Å². The summed E-state index contributed by atoms with van der Waals surface area (Å²) in [6.45, 7) is -1.36. The highest BCUT2D eigenvalue weighted by Gasteiger charge is 2.28. The molecule has 0 unspecified atom stereocenters. The van der Waals surface area contributed by atoms with Gasteiger partial charge in [0.2, 0.25) is 0 Å². The van der Waals surface area contributed by atoms with Crippen molar-refractivity contribution in [3.63, 3.8) is 0 Å². The van der Waals surface area contributed by atoms with Crippen LogP contribution in [-0.4, -0.2) is 26.1 Å². The third kappa shape index (κ3) is 4.83. The number of rotatable bonds is 6. The van der Waals surface area contributed by atoms with Crippen LogP contribution in [0.15, 0.2) is 53.4 Å². The Bertz CT molecular complexity index is 885. The number of nitro benzene ring substituents is 1. The van der Waals surface area contributed by atoms with Gasteiger partial charge in [-0.25, -0.2) is 8.42 Å². The summed E-state index contributed by atoms with van der Waals surface area (Å²) in [5.41, 5.74) is -0.914. The summed E-state index contributed by atoms with van der Waals surface area (Å²) in [6, 6.07) is 9.98. The molecule has 0 atom stereocenters. The summed E-state index contributed by atoms with van der Waals surface area (Å²) in [4.78, 5) is 9.53. The number of hydrogen-bond acceptors (Lipinski definition) is 5. The highest BCUT2D eigenvalue weighted by Crippen LogP contribution is 2.29. The molecular formula is C14H12F3N3O4S. The number of hydrogen-bond donors (Lipinski definition) is 2. The fraction of sp³-hybridized carbons (Fsp3) is 0.143. The molecule has 0 aliphatic carbocycles. The number of benzene rings is 2. The maximum Gasteiger partial charge on any atom is 0.405 e. The number of nitrogens with one attached hydrogen (secondary N) is 2. The minimum Gasteiger partial charge on any atom is -0.375 e. The Labute approximate surface area is 140 Å². The number of halogens is 3. The molecule has 0 spiro atoms. The van der Waals surface area contributed by atoms with Gasteiger partial charge in [-0.3, -0.25) is 14.8 Å². The maximum absolute atomic E-state index is 12.4. The fourth-order valence-corrected chi connectivity index (χ4v) is 3.21. The van der Waals surface area contributed by atoms with Crippen molar-refractivity contribution in [1.29, 1.82) is 0 Å². The van der Waals surface area contributed by atoms with E-state index in [2.05, 4.69) is 10.0 Å². The van der Waals surface area contributed by atoms with E-state index in [1.54, 1.807) is 0 Å². The Balaban J connectivity index is 2.35. The van der Waals surface area contributed by atoms with E-state index >= 15 is 0 Å². The Kier molecular flexibility index (Phi) is 5.16. The second-order valence-electron chi connectivity index (χ2n) is 4.84. The van der Waals surface area contributed by atoms with Crippen LogP contribution in [0.1, 0.15) is 0 Å². The van der Waals surface area contributed by atoms with Gasteiger partial charge >= 0.3 is 6.18 Å². The number of anilines is 2. The van der Waals surface area contributed by atoms with Gasteiger partial charge in [-0.05, 0) is 18.2 Å². The molecule has 0 aromatic heterocycles. The van der Waals surface area contributed by atoms with E-state index in [4.69, 9.17) is 0 Å². The summed E-state index contributed by atoms with van der Waals surface area (Å²) >= 11 is 0. The first-order chi connectivity index (χ1) is 11.6. The van der Waals surface area contributed by atoms with Crippen LogP contribution in [-0.2, 0) is 10.0 Å². The Morgan fingerprint density at radius 3 is 2.16 bits per heavy atom. The first-order valence-corrected chi connectivity index (χ1v) is 8.24. The molecule has 0 saturated heterocycles. The van der Waals surface area contributed by atoms with Crippen LogP contribution in [0.4, 0.5) is 30.2 Å². The molecule has 2 aromatic rings. The predicted molar refractivity (Wildman–Crippen MR) is 84.9 cm³/mol. The van der Waals surface area contributed by atoms with Crippen LogP contribution < -0.4 is 10.0 Å². The van der Waals surface area contributed by atoms with E-state index in [1.165, 1.54) is 36.4 Å². The SMILES string of the molecule is O=[N+]([O-])c1ccccc1S(=O)(=O)Nc1ccccc1NCC(F)(F)F. The first kappa shape index (κ1) is 18.5. The van der Waals surface area contributed by atoms with E-state index < -0.39 is 38.3 Å². The number of nitrogens with zero attached hydrogens (tertiary/aromatic N) is 1. The summed E-state index contributed by atoms with van der Waals surface area (Å²) in [6.07, 6.45) is -4.50. The zero-order valence-electron chi connectivity index (χ0n) is 12.4. The van der Waals surface area contributed by atoms with Gasteiger partial charge in [0.05, 0.1) is 16.3 Å².